The Morgan fingerprint density at radius 1 is 1.25 bits per heavy atom. The van der Waals surface area contributed by atoms with Gasteiger partial charge in [-0.1, -0.05) is 37.6 Å². The molecular formula is C13H13NO2. The third-order valence-corrected chi connectivity index (χ3v) is 2.66. The number of aryl methyl sites for hydroxylation is 1. The first-order valence-corrected chi connectivity index (χ1v) is 5.34. The van der Waals surface area contributed by atoms with E-state index < -0.39 is 0 Å². The zero-order chi connectivity index (χ0) is 11.5. The van der Waals surface area contributed by atoms with E-state index in [0.29, 0.717) is 5.39 Å². The van der Waals surface area contributed by atoms with Crippen LogP contribution in [0, 0.1) is 4.91 Å². The van der Waals surface area contributed by atoms with Crippen LogP contribution in [0.25, 0.3) is 10.8 Å². The van der Waals surface area contributed by atoms with E-state index in [1.54, 1.807) is 6.07 Å². The second-order valence-electron chi connectivity index (χ2n) is 3.83. The average Bonchev–Trinajstić information content (AvgIpc) is 2.30. The fourth-order valence-electron chi connectivity index (χ4n) is 1.89. The minimum atomic E-state index is -0.0641. The van der Waals surface area contributed by atoms with E-state index >= 15 is 0 Å². The van der Waals surface area contributed by atoms with E-state index in [2.05, 4.69) is 12.1 Å². The molecule has 0 aromatic heterocycles. The molecule has 0 radical (unpaired) electrons. The summed E-state index contributed by atoms with van der Waals surface area (Å²) < 4.78 is 0. The van der Waals surface area contributed by atoms with Crippen molar-refractivity contribution in [2.24, 2.45) is 5.18 Å². The highest BCUT2D eigenvalue weighted by Gasteiger charge is 2.07. The zero-order valence-electron chi connectivity index (χ0n) is 9.10. The molecule has 3 heteroatoms. The van der Waals surface area contributed by atoms with Crippen molar-refractivity contribution in [2.75, 3.05) is 0 Å². The molecular weight excluding hydrogens is 202 g/mol. The summed E-state index contributed by atoms with van der Waals surface area (Å²) in [6.07, 6.45) is 2.10. The lowest BCUT2D eigenvalue weighted by atomic mass is 10.0. The molecule has 16 heavy (non-hydrogen) atoms. The van der Waals surface area contributed by atoms with Gasteiger partial charge in [0.15, 0.2) is 5.69 Å². The molecule has 0 spiro atoms. The van der Waals surface area contributed by atoms with Crippen LogP contribution in [-0.4, -0.2) is 5.11 Å². The number of nitrogens with zero attached hydrogens (tertiary/aromatic N) is 1. The summed E-state index contributed by atoms with van der Waals surface area (Å²) in [5.41, 5.74) is 1.36. The smallest absolute Gasteiger partial charge is 0.157 e. The Morgan fingerprint density at radius 3 is 2.75 bits per heavy atom. The van der Waals surface area contributed by atoms with Crippen LogP contribution >= 0.6 is 0 Å². The molecule has 0 unspecified atom stereocenters. The predicted molar refractivity (Wildman–Crippen MR) is 65.1 cm³/mol. The van der Waals surface area contributed by atoms with Crippen molar-refractivity contribution in [3.05, 3.63) is 40.8 Å². The lowest BCUT2D eigenvalue weighted by molar-refractivity contribution is 0.477. The van der Waals surface area contributed by atoms with Gasteiger partial charge in [-0.25, -0.2) is 0 Å². The maximum Gasteiger partial charge on any atom is 0.157 e. The molecule has 1 N–H and O–H groups in total. The van der Waals surface area contributed by atoms with Crippen LogP contribution in [0.1, 0.15) is 18.9 Å². The summed E-state index contributed by atoms with van der Waals surface area (Å²) in [4.78, 5) is 10.6. The highest BCUT2D eigenvalue weighted by molar-refractivity contribution is 5.95. The van der Waals surface area contributed by atoms with Crippen molar-refractivity contribution >= 4 is 16.5 Å². The number of phenolic OH excluding ortho intramolecular Hbond substituents is 1. The number of hydrogen-bond acceptors (Lipinski definition) is 3. The molecule has 2 aromatic carbocycles. The van der Waals surface area contributed by atoms with Crippen LogP contribution in [0.15, 0.2) is 35.5 Å². The molecule has 2 rings (SSSR count). The van der Waals surface area contributed by atoms with E-state index in [1.807, 2.05) is 18.2 Å². The lowest BCUT2D eigenvalue weighted by Crippen LogP contribution is -1.83. The minimum absolute atomic E-state index is 0.0641. The molecule has 2 aromatic rings. The summed E-state index contributed by atoms with van der Waals surface area (Å²) >= 11 is 0. The zero-order valence-corrected chi connectivity index (χ0v) is 9.10. The third kappa shape index (κ3) is 1.76. The summed E-state index contributed by atoms with van der Waals surface area (Å²) in [5.74, 6) is -0.0641. The Labute approximate surface area is 93.7 Å². The van der Waals surface area contributed by atoms with Crippen molar-refractivity contribution < 1.29 is 5.11 Å². The molecule has 0 aliphatic heterocycles. The fraction of sp³-hybridized carbons (Fsp3) is 0.231. The largest absolute Gasteiger partial charge is 0.506 e. The Balaban J connectivity index is 2.64. The van der Waals surface area contributed by atoms with Crippen molar-refractivity contribution in [3.8, 4) is 5.75 Å². The molecule has 0 atom stereocenters. The van der Waals surface area contributed by atoms with Gasteiger partial charge in [-0.05, 0) is 28.6 Å². The number of hydrogen-bond donors (Lipinski definition) is 1. The van der Waals surface area contributed by atoms with Gasteiger partial charge >= 0.3 is 0 Å². The number of rotatable bonds is 3. The number of aromatic hydroxyl groups is 1. The Hall–Kier alpha value is -1.90. The van der Waals surface area contributed by atoms with Crippen LogP contribution in [0.5, 0.6) is 5.75 Å². The average molecular weight is 215 g/mol. The molecule has 0 saturated carbocycles. The second-order valence-corrected chi connectivity index (χ2v) is 3.83. The van der Waals surface area contributed by atoms with Gasteiger partial charge in [0.25, 0.3) is 0 Å². The highest BCUT2D eigenvalue weighted by atomic mass is 16.3. The standard InChI is InChI=1S/C13H13NO2/c1-2-3-9-4-6-11-10(8-9)5-7-12(15)13(11)14-16/h4-8,15H,2-3H2,1H3. The van der Waals surface area contributed by atoms with Crippen molar-refractivity contribution in [3.63, 3.8) is 0 Å². The van der Waals surface area contributed by atoms with Gasteiger partial charge in [0.1, 0.15) is 5.75 Å². The van der Waals surface area contributed by atoms with E-state index in [1.165, 1.54) is 11.6 Å². The van der Waals surface area contributed by atoms with Crippen LogP contribution in [0.2, 0.25) is 0 Å². The summed E-state index contributed by atoms with van der Waals surface area (Å²) in [7, 11) is 0. The number of nitroso groups, excluding NO2 is 1. The van der Waals surface area contributed by atoms with Crippen molar-refractivity contribution in [2.45, 2.75) is 19.8 Å². The normalized spacial score (nSPS) is 10.6. The molecule has 0 bridgehead atoms. The van der Waals surface area contributed by atoms with Crippen molar-refractivity contribution in [1.29, 1.82) is 0 Å². The van der Waals surface area contributed by atoms with Crippen LogP contribution in [0.3, 0.4) is 0 Å². The van der Waals surface area contributed by atoms with Crippen LogP contribution < -0.4 is 0 Å². The van der Waals surface area contributed by atoms with E-state index in [0.717, 1.165) is 18.2 Å². The molecule has 0 fully saturated rings. The molecule has 0 amide bonds. The third-order valence-electron chi connectivity index (χ3n) is 2.66. The van der Waals surface area contributed by atoms with Gasteiger partial charge < -0.3 is 5.11 Å². The van der Waals surface area contributed by atoms with Crippen LogP contribution in [-0.2, 0) is 6.42 Å². The Bertz CT molecular complexity index is 535. The monoisotopic (exact) mass is 215 g/mol. The minimum Gasteiger partial charge on any atom is -0.506 e. The van der Waals surface area contributed by atoms with Gasteiger partial charge in [0, 0.05) is 5.39 Å². The predicted octanol–water partition coefficient (Wildman–Crippen LogP) is 3.90. The molecule has 0 saturated heterocycles. The van der Waals surface area contributed by atoms with Crippen molar-refractivity contribution in [1.82, 2.24) is 0 Å². The summed E-state index contributed by atoms with van der Waals surface area (Å²) in [6.45, 7) is 2.12. The van der Waals surface area contributed by atoms with Gasteiger partial charge in [0.05, 0.1) is 0 Å². The summed E-state index contributed by atoms with van der Waals surface area (Å²) in [5, 5.41) is 14.0. The number of benzene rings is 2. The first kappa shape index (κ1) is 10.6. The van der Waals surface area contributed by atoms with Gasteiger partial charge in [-0.15, -0.1) is 4.91 Å². The lowest BCUT2D eigenvalue weighted by Gasteiger charge is -2.05. The second kappa shape index (κ2) is 4.31. The van der Waals surface area contributed by atoms with Gasteiger partial charge in [0.2, 0.25) is 0 Å². The molecule has 0 aliphatic carbocycles. The molecule has 0 heterocycles. The maximum atomic E-state index is 10.6. The molecule has 3 nitrogen and oxygen atoms in total. The number of phenols is 1. The maximum absolute atomic E-state index is 10.6. The molecule has 0 aliphatic rings. The SMILES string of the molecule is CCCc1ccc2c(N=O)c(O)ccc2c1. The van der Waals surface area contributed by atoms with E-state index in [-0.39, 0.29) is 11.4 Å². The van der Waals surface area contributed by atoms with Gasteiger partial charge in [-0.2, -0.15) is 0 Å². The Morgan fingerprint density at radius 2 is 2.06 bits per heavy atom. The van der Waals surface area contributed by atoms with Crippen LogP contribution in [0.4, 0.5) is 5.69 Å². The number of fused-ring (bicyclic) bond motifs is 1. The highest BCUT2D eigenvalue weighted by Crippen LogP contribution is 2.35. The van der Waals surface area contributed by atoms with E-state index in [4.69, 9.17) is 0 Å². The first-order valence-electron chi connectivity index (χ1n) is 5.34. The Kier molecular flexibility index (Phi) is 2.86. The van der Waals surface area contributed by atoms with E-state index in [9.17, 15) is 10.0 Å². The van der Waals surface area contributed by atoms with Gasteiger partial charge in [-0.3, -0.25) is 0 Å². The molecule has 82 valence electrons. The topological polar surface area (TPSA) is 49.7 Å². The first-order chi connectivity index (χ1) is 7.76. The quantitative estimate of drug-likeness (QED) is 0.789. The summed E-state index contributed by atoms with van der Waals surface area (Å²) in [6, 6.07) is 9.16. The fourth-order valence-corrected chi connectivity index (χ4v) is 1.89.